The van der Waals surface area contributed by atoms with Crippen molar-refractivity contribution in [2.24, 2.45) is 0 Å². The monoisotopic (exact) mass is 284 g/mol. The Morgan fingerprint density at radius 3 is 2.63 bits per heavy atom. The van der Waals surface area contributed by atoms with Gasteiger partial charge in [-0.25, -0.2) is 0 Å². The first kappa shape index (κ1) is 12.8. The second-order valence-electron chi connectivity index (χ2n) is 3.41. The molecule has 2 aromatic rings. The molecule has 11 heteroatoms. The van der Waals surface area contributed by atoms with Crippen molar-refractivity contribution in [1.82, 2.24) is 15.1 Å². The smallest absolute Gasteiger partial charge is 0.289 e. The van der Waals surface area contributed by atoms with Gasteiger partial charge in [-0.05, 0) is 11.3 Å². The Balaban J connectivity index is 2.43. The van der Waals surface area contributed by atoms with E-state index < -0.39 is 25.5 Å². The molecule has 1 aromatic carbocycles. The second-order valence-corrected chi connectivity index (χ2v) is 5.04. The lowest BCUT2D eigenvalue weighted by molar-refractivity contribution is -0.387. The van der Waals surface area contributed by atoms with Gasteiger partial charge in [0.1, 0.15) is 0 Å². The van der Waals surface area contributed by atoms with Crippen molar-refractivity contribution in [1.29, 1.82) is 0 Å². The molecule has 100 valence electrons. The number of hydrogen-bond donors (Lipinski definition) is 2. The average Bonchev–Trinajstić information content (AvgIpc) is 2.74. The van der Waals surface area contributed by atoms with Gasteiger partial charge in [0.25, 0.3) is 15.7 Å². The molecule has 0 radical (unpaired) electrons. The van der Waals surface area contributed by atoms with E-state index >= 15 is 0 Å². The first-order chi connectivity index (χ1) is 8.90. The zero-order valence-corrected chi connectivity index (χ0v) is 10.1. The van der Waals surface area contributed by atoms with E-state index in [0.717, 1.165) is 23.1 Å². The third-order valence-electron chi connectivity index (χ3n) is 2.08. The fourth-order valence-corrected chi connectivity index (χ4v) is 2.44. The molecule has 0 saturated heterocycles. The summed E-state index contributed by atoms with van der Waals surface area (Å²) >= 11 is 0. The number of nitrogens with two attached hydrogens (primary N) is 1. The number of anilines is 1. The van der Waals surface area contributed by atoms with E-state index in [9.17, 15) is 18.5 Å². The molecule has 0 fully saturated rings. The van der Waals surface area contributed by atoms with Crippen molar-refractivity contribution < 1.29 is 13.3 Å². The largest absolute Gasteiger partial charge is 0.381 e. The molecule has 0 spiro atoms. The quantitative estimate of drug-likeness (QED) is 0.578. The van der Waals surface area contributed by atoms with Crippen molar-refractivity contribution in [3.63, 3.8) is 0 Å². The molecule has 0 aliphatic heterocycles. The van der Waals surface area contributed by atoms with E-state index in [1.54, 1.807) is 0 Å². The normalized spacial score (nSPS) is 11.2. The van der Waals surface area contributed by atoms with Crippen molar-refractivity contribution in [3.05, 3.63) is 40.6 Å². The van der Waals surface area contributed by atoms with Crippen LogP contribution in [-0.2, 0) is 10.0 Å². The molecule has 19 heavy (non-hydrogen) atoms. The zero-order chi connectivity index (χ0) is 14.0. The summed E-state index contributed by atoms with van der Waals surface area (Å²) in [7, 11) is -4.16. The van der Waals surface area contributed by atoms with E-state index in [-0.39, 0.29) is 5.82 Å². The van der Waals surface area contributed by atoms with Gasteiger partial charge in [0, 0.05) is 6.07 Å². The van der Waals surface area contributed by atoms with Gasteiger partial charge >= 0.3 is 0 Å². The van der Waals surface area contributed by atoms with E-state index in [2.05, 4.69) is 10.3 Å². The average molecular weight is 284 g/mol. The number of nitro benzene ring substituents is 1. The van der Waals surface area contributed by atoms with Crippen LogP contribution >= 0.6 is 0 Å². The highest BCUT2D eigenvalue weighted by molar-refractivity contribution is 7.92. The summed E-state index contributed by atoms with van der Waals surface area (Å²) in [6, 6.07) is 4.94. The van der Waals surface area contributed by atoms with Crippen molar-refractivity contribution in [3.8, 4) is 0 Å². The summed E-state index contributed by atoms with van der Waals surface area (Å²) in [5.74, 6) is 0.00487. The fourth-order valence-electron chi connectivity index (χ4n) is 1.33. The van der Waals surface area contributed by atoms with Crippen LogP contribution in [0.2, 0.25) is 0 Å². The Bertz CT molecular complexity index is 724. The summed E-state index contributed by atoms with van der Waals surface area (Å²) in [5.41, 5.74) is 4.74. The van der Waals surface area contributed by atoms with Crippen molar-refractivity contribution >= 4 is 21.5 Å². The molecular formula is C8H8N6O4S. The molecule has 2 rings (SSSR count). The van der Waals surface area contributed by atoms with Crippen LogP contribution in [0.1, 0.15) is 0 Å². The number of nitrogen functional groups attached to an aromatic ring is 1. The Morgan fingerprint density at radius 1 is 1.37 bits per heavy atom. The molecule has 0 aliphatic rings. The van der Waals surface area contributed by atoms with Crippen LogP contribution in [0.5, 0.6) is 0 Å². The molecule has 0 unspecified atom stereocenters. The number of sulfonamides is 1. The predicted octanol–water partition coefficient (Wildman–Crippen LogP) is -0.299. The van der Waals surface area contributed by atoms with Crippen molar-refractivity contribution in [2.75, 3.05) is 10.6 Å². The van der Waals surface area contributed by atoms with Gasteiger partial charge in [0.2, 0.25) is 0 Å². The molecule has 0 atom stereocenters. The van der Waals surface area contributed by atoms with Crippen LogP contribution in [0.4, 0.5) is 11.5 Å². The van der Waals surface area contributed by atoms with Gasteiger partial charge < -0.3 is 5.73 Å². The first-order valence-electron chi connectivity index (χ1n) is 4.84. The summed E-state index contributed by atoms with van der Waals surface area (Å²) in [6.07, 6.45) is 1.12. The van der Waals surface area contributed by atoms with Gasteiger partial charge in [0.15, 0.2) is 10.7 Å². The molecule has 0 amide bonds. The molecule has 3 N–H and O–H groups in total. The summed E-state index contributed by atoms with van der Waals surface area (Å²) in [5, 5.41) is 17.5. The molecule has 10 nitrogen and oxygen atoms in total. The number of hydrogen-bond acceptors (Lipinski definition) is 7. The second kappa shape index (κ2) is 4.53. The molecule has 1 aromatic heterocycles. The maximum Gasteiger partial charge on any atom is 0.289 e. The van der Waals surface area contributed by atoms with E-state index in [1.165, 1.54) is 12.1 Å². The Hall–Kier alpha value is -2.69. The number of aromatic nitrogens is 3. The minimum Gasteiger partial charge on any atom is -0.381 e. The zero-order valence-electron chi connectivity index (χ0n) is 9.29. The van der Waals surface area contributed by atoms with Crippen molar-refractivity contribution in [2.45, 2.75) is 4.90 Å². The lowest BCUT2D eigenvalue weighted by Crippen LogP contribution is -2.24. The highest BCUT2D eigenvalue weighted by Crippen LogP contribution is 2.22. The lowest BCUT2D eigenvalue weighted by Gasteiger charge is -2.06. The third-order valence-corrected chi connectivity index (χ3v) is 3.43. The van der Waals surface area contributed by atoms with Crippen LogP contribution in [0.3, 0.4) is 0 Å². The standard InChI is InChI=1S/C8H8N6O4S/c9-8-5-13(11-10-8)12-19(17,18)7-4-2-1-3-6(7)14(15)16/h1-5,12H,9H2. The predicted molar refractivity (Wildman–Crippen MR) is 64.1 cm³/mol. The van der Waals surface area contributed by atoms with Crippen LogP contribution in [-0.4, -0.2) is 28.4 Å². The van der Waals surface area contributed by atoms with E-state index in [4.69, 9.17) is 5.73 Å². The van der Waals surface area contributed by atoms with E-state index in [0.29, 0.717) is 0 Å². The highest BCUT2D eigenvalue weighted by Gasteiger charge is 2.25. The molecule has 0 saturated carbocycles. The Morgan fingerprint density at radius 2 is 2.05 bits per heavy atom. The van der Waals surface area contributed by atoms with Crippen LogP contribution in [0.25, 0.3) is 0 Å². The summed E-state index contributed by atoms with van der Waals surface area (Å²) in [6.45, 7) is 0. The van der Waals surface area contributed by atoms with E-state index in [1.807, 2.05) is 4.83 Å². The number of nitrogens with one attached hydrogen (secondary N) is 1. The fraction of sp³-hybridized carbons (Fsp3) is 0. The summed E-state index contributed by atoms with van der Waals surface area (Å²) < 4.78 is 24.0. The number of nitro groups is 1. The maximum atomic E-state index is 12.0. The minimum absolute atomic E-state index is 0.00487. The van der Waals surface area contributed by atoms with Gasteiger partial charge in [-0.3, -0.25) is 10.1 Å². The number of benzene rings is 1. The van der Waals surface area contributed by atoms with Gasteiger partial charge in [-0.1, -0.05) is 12.1 Å². The minimum atomic E-state index is -4.16. The topological polar surface area (TPSA) is 146 Å². The van der Waals surface area contributed by atoms with Crippen LogP contribution < -0.4 is 10.6 Å². The molecule has 1 heterocycles. The Labute approximate surface area is 107 Å². The highest BCUT2D eigenvalue weighted by atomic mass is 32.2. The number of para-hydroxylation sites is 1. The Kier molecular flexibility index (Phi) is 3.04. The van der Waals surface area contributed by atoms with Crippen LogP contribution in [0.15, 0.2) is 35.4 Å². The van der Waals surface area contributed by atoms with Gasteiger partial charge in [-0.2, -0.15) is 13.2 Å². The lowest BCUT2D eigenvalue weighted by atomic mass is 10.3. The SMILES string of the molecule is Nc1cn(NS(=O)(=O)c2ccccc2[N+](=O)[O-])nn1. The van der Waals surface area contributed by atoms with Gasteiger partial charge in [0.05, 0.1) is 11.1 Å². The molecule has 0 bridgehead atoms. The number of nitrogens with zero attached hydrogens (tertiary/aromatic N) is 4. The molecule has 0 aliphatic carbocycles. The van der Waals surface area contributed by atoms with Gasteiger partial charge in [-0.15, -0.1) is 9.89 Å². The number of rotatable bonds is 4. The summed E-state index contributed by atoms with van der Waals surface area (Å²) in [4.78, 5) is 12.3. The molecular weight excluding hydrogens is 276 g/mol. The van der Waals surface area contributed by atoms with Crippen LogP contribution in [0, 0.1) is 10.1 Å². The third kappa shape index (κ3) is 2.60. The first-order valence-corrected chi connectivity index (χ1v) is 6.32. The maximum absolute atomic E-state index is 12.0.